The maximum atomic E-state index is 14.2. The van der Waals surface area contributed by atoms with Crippen LogP contribution in [-0.2, 0) is 9.59 Å². The number of carbonyl (C=O) groups excluding carboxylic acids is 1. The van der Waals surface area contributed by atoms with Crippen LogP contribution >= 0.6 is 12.4 Å². The van der Waals surface area contributed by atoms with Crippen molar-refractivity contribution in [2.75, 3.05) is 0 Å². The first kappa shape index (κ1) is 27.2. The molecule has 4 saturated carbocycles. The molecule has 9 atom stereocenters. The van der Waals surface area contributed by atoms with E-state index < -0.39 is 11.4 Å². The predicted molar refractivity (Wildman–Crippen MR) is 140 cm³/mol. The molecule has 4 fully saturated rings. The average Bonchev–Trinajstić information content (AvgIpc) is 2.73. The minimum atomic E-state index is -0.711. The first-order chi connectivity index (χ1) is 15.6. The van der Waals surface area contributed by atoms with Gasteiger partial charge in [0, 0.05) is 5.92 Å². The number of allylic oxidation sites excluding steroid dienone is 2. The van der Waals surface area contributed by atoms with Gasteiger partial charge in [-0.25, -0.2) is 0 Å². The summed E-state index contributed by atoms with van der Waals surface area (Å²) in [5, 5.41) is 20.9. The number of aliphatic hydroxyl groups is 1. The number of ketones is 1. The monoisotopic (exact) mass is 506 g/mol. The van der Waals surface area contributed by atoms with Gasteiger partial charge >= 0.3 is 5.97 Å². The Bertz CT molecular complexity index is 971. The van der Waals surface area contributed by atoms with E-state index in [-0.39, 0.29) is 63.2 Å². The Morgan fingerprint density at radius 2 is 1.54 bits per heavy atom. The molecule has 35 heavy (non-hydrogen) atoms. The summed E-state index contributed by atoms with van der Waals surface area (Å²) >= 11 is 0. The zero-order valence-electron chi connectivity index (χ0n) is 22.9. The molecule has 198 valence electrons. The molecule has 0 saturated heterocycles. The van der Waals surface area contributed by atoms with Crippen LogP contribution in [-0.4, -0.2) is 28.1 Å². The van der Waals surface area contributed by atoms with E-state index in [1.807, 2.05) is 13.0 Å². The molecule has 0 aromatic carbocycles. The fourth-order valence-electron chi connectivity index (χ4n) is 10.4. The third-order valence-electron chi connectivity index (χ3n) is 13.1. The van der Waals surface area contributed by atoms with E-state index in [1.54, 1.807) is 0 Å². The third-order valence-corrected chi connectivity index (χ3v) is 13.1. The van der Waals surface area contributed by atoms with Crippen LogP contribution < -0.4 is 0 Å². The quantitative estimate of drug-likeness (QED) is 0.408. The second-order valence-corrected chi connectivity index (χ2v) is 14.9. The van der Waals surface area contributed by atoms with Crippen molar-refractivity contribution < 1.29 is 19.8 Å². The molecule has 5 aliphatic rings. The van der Waals surface area contributed by atoms with Crippen molar-refractivity contribution in [1.82, 2.24) is 0 Å². The molecular formula is C30H47ClO4. The van der Waals surface area contributed by atoms with E-state index in [1.165, 1.54) is 5.57 Å². The molecule has 5 aliphatic carbocycles. The lowest BCUT2D eigenvalue weighted by Crippen LogP contribution is -2.66. The standard InChI is InChI=1S/C30H46O4.ClH/c1-25(2)21-8-11-30(7)23(28(21,5)10-9-22(25)32)20(31)16-18-19-17-27(4,24(33)34)13-12-26(19,3)14-15-29(18,30)6;/h16,19,21-23,32H,8-15,17H2,1-7H3,(H,33,34);1H/t19-,21-,22-,23+,26+,27-,28-,29+,30+;/m0./s1. The zero-order valence-corrected chi connectivity index (χ0v) is 23.7. The van der Waals surface area contributed by atoms with E-state index in [0.717, 1.165) is 51.4 Å². The summed E-state index contributed by atoms with van der Waals surface area (Å²) in [6.07, 6.45) is 9.95. The van der Waals surface area contributed by atoms with Gasteiger partial charge in [0.2, 0.25) is 0 Å². The van der Waals surface area contributed by atoms with Crippen molar-refractivity contribution in [3.8, 4) is 0 Å². The van der Waals surface area contributed by atoms with Gasteiger partial charge in [0.05, 0.1) is 11.5 Å². The van der Waals surface area contributed by atoms with Gasteiger partial charge in [0.15, 0.2) is 5.78 Å². The number of fused-ring (bicyclic) bond motifs is 7. The molecule has 5 rings (SSSR count). The van der Waals surface area contributed by atoms with Crippen molar-refractivity contribution in [1.29, 1.82) is 0 Å². The van der Waals surface area contributed by atoms with Crippen LogP contribution in [0.2, 0.25) is 0 Å². The van der Waals surface area contributed by atoms with Crippen molar-refractivity contribution in [3.05, 3.63) is 11.6 Å². The summed E-state index contributed by atoms with van der Waals surface area (Å²) < 4.78 is 0. The van der Waals surface area contributed by atoms with Gasteiger partial charge in [-0.2, -0.15) is 0 Å². The largest absolute Gasteiger partial charge is 0.481 e. The van der Waals surface area contributed by atoms with Crippen LogP contribution in [0, 0.1) is 50.2 Å². The van der Waals surface area contributed by atoms with E-state index in [4.69, 9.17) is 0 Å². The molecule has 0 aromatic heterocycles. The Labute approximate surface area is 218 Å². The van der Waals surface area contributed by atoms with Crippen molar-refractivity contribution >= 4 is 24.2 Å². The summed E-state index contributed by atoms with van der Waals surface area (Å²) in [6, 6.07) is 0. The first-order valence-electron chi connectivity index (χ1n) is 13.7. The number of hydrogen-bond donors (Lipinski definition) is 2. The number of rotatable bonds is 1. The first-order valence-corrected chi connectivity index (χ1v) is 13.7. The Hall–Kier alpha value is -0.870. The summed E-state index contributed by atoms with van der Waals surface area (Å²) in [4.78, 5) is 26.4. The fraction of sp³-hybridized carbons (Fsp3) is 0.867. The molecular weight excluding hydrogens is 460 g/mol. The summed E-state index contributed by atoms with van der Waals surface area (Å²) in [6.45, 7) is 15.8. The number of carboxylic acids is 1. The van der Waals surface area contributed by atoms with Crippen LogP contribution in [0.5, 0.6) is 0 Å². The Morgan fingerprint density at radius 3 is 2.17 bits per heavy atom. The fourth-order valence-corrected chi connectivity index (χ4v) is 10.4. The van der Waals surface area contributed by atoms with Gasteiger partial charge in [0.25, 0.3) is 0 Å². The van der Waals surface area contributed by atoms with Crippen LogP contribution in [0.1, 0.15) is 106 Å². The highest BCUT2D eigenvalue weighted by atomic mass is 35.5. The molecule has 0 aromatic rings. The van der Waals surface area contributed by atoms with Gasteiger partial charge in [-0.15, -0.1) is 12.4 Å². The van der Waals surface area contributed by atoms with Crippen molar-refractivity contribution in [3.63, 3.8) is 0 Å². The lowest BCUT2D eigenvalue weighted by atomic mass is 9.33. The molecule has 0 heterocycles. The number of aliphatic carboxylic acids is 1. The number of aliphatic hydroxyl groups excluding tert-OH is 1. The highest BCUT2D eigenvalue weighted by molar-refractivity contribution is 5.95. The van der Waals surface area contributed by atoms with Crippen LogP contribution in [0.3, 0.4) is 0 Å². The highest BCUT2D eigenvalue weighted by Gasteiger charge is 2.70. The summed E-state index contributed by atoms with van der Waals surface area (Å²) in [5.41, 5.74) is 0.142. The maximum Gasteiger partial charge on any atom is 0.309 e. The molecule has 0 unspecified atom stereocenters. The molecule has 0 spiro atoms. The Morgan fingerprint density at radius 1 is 0.914 bits per heavy atom. The van der Waals surface area contributed by atoms with Crippen LogP contribution in [0.4, 0.5) is 0 Å². The number of carbonyl (C=O) groups is 2. The minimum absolute atomic E-state index is 0. The second-order valence-electron chi connectivity index (χ2n) is 14.9. The molecule has 0 amide bonds. The van der Waals surface area contributed by atoms with Gasteiger partial charge in [-0.1, -0.05) is 47.1 Å². The van der Waals surface area contributed by atoms with Gasteiger partial charge in [-0.3, -0.25) is 9.59 Å². The van der Waals surface area contributed by atoms with E-state index in [0.29, 0.717) is 12.3 Å². The van der Waals surface area contributed by atoms with Crippen molar-refractivity contribution in [2.45, 2.75) is 112 Å². The van der Waals surface area contributed by atoms with Gasteiger partial charge in [-0.05, 0) is 110 Å². The summed E-state index contributed by atoms with van der Waals surface area (Å²) in [5.74, 6) is 0.0603. The van der Waals surface area contributed by atoms with Crippen LogP contribution in [0.25, 0.3) is 0 Å². The highest BCUT2D eigenvalue weighted by Crippen LogP contribution is 2.75. The lowest BCUT2D eigenvalue weighted by Gasteiger charge is -2.70. The van der Waals surface area contributed by atoms with Crippen molar-refractivity contribution in [2.24, 2.45) is 50.2 Å². The topological polar surface area (TPSA) is 74.6 Å². The summed E-state index contributed by atoms with van der Waals surface area (Å²) in [7, 11) is 0. The average molecular weight is 507 g/mol. The smallest absolute Gasteiger partial charge is 0.309 e. The molecule has 0 radical (unpaired) electrons. The third kappa shape index (κ3) is 3.27. The molecule has 4 nitrogen and oxygen atoms in total. The zero-order chi connectivity index (χ0) is 25.1. The number of hydrogen-bond acceptors (Lipinski definition) is 3. The maximum absolute atomic E-state index is 14.2. The predicted octanol–water partition coefficient (Wildman–Crippen LogP) is 6.83. The Balaban J connectivity index is 0.00000289. The molecule has 0 bridgehead atoms. The molecule has 5 heteroatoms. The van der Waals surface area contributed by atoms with Gasteiger partial charge in [0.1, 0.15) is 0 Å². The van der Waals surface area contributed by atoms with Gasteiger partial charge < -0.3 is 10.2 Å². The SMILES string of the molecule is CC1(C)[C@@H](O)CC[C@]2(C)[C@H]3C(=O)C=C4[C@@H]5C[C@@](C)(C(=O)O)CC[C@]5(C)CC[C@@]4(C)[C@]3(C)CC[C@@H]12.Cl. The Kier molecular flexibility index (Phi) is 6.07. The molecule has 2 N–H and O–H groups in total. The normalized spacial score (nSPS) is 52.6. The van der Waals surface area contributed by atoms with E-state index in [9.17, 15) is 19.8 Å². The number of carboxylic acid groups (broad SMARTS) is 1. The van der Waals surface area contributed by atoms with E-state index in [2.05, 4.69) is 41.5 Å². The lowest BCUT2D eigenvalue weighted by molar-refractivity contribution is -0.202. The van der Waals surface area contributed by atoms with E-state index >= 15 is 0 Å². The molecule has 0 aliphatic heterocycles. The minimum Gasteiger partial charge on any atom is -0.481 e. The second kappa shape index (κ2) is 7.82. The van der Waals surface area contributed by atoms with Crippen LogP contribution in [0.15, 0.2) is 11.6 Å². The number of halogens is 1.